The Hall–Kier alpha value is -5.66. The number of aryl methyl sites for hydroxylation is 4. The Morgan fingerprint density at radius 3 is 1.52 bits per heavy atom. The fraction of sp³-hybridized carbons (Fsp3) is 0.176. The molecule has 0 bridgehead atoms. The van der Waals surface area contributed by atoms with Crippen LogP contribution in [0, 0.1) is 27.7 Å². The van der Waals surface area contributed by atoms with E-state index in [-0.39, 0.29) is 0 Å². The topological polar surface area (TPSA) is 3.24 Å². The molecule has 0 aromatic heterocycles. The van der Waals surface area contributed by atoms with Crippen molar-refractivity contribution in [2.24, 2.45) is 0 Å². The van der Waals surface area contributed by atoms with Gasteiger partial charge in [-0.25, -0.2) is 0 Å². The van der Waals surface area contributed by atoms with Crippen molar-refractivity contribution < 1.29 is 0 Å². The molecule has 1 nitrogen and oxygen atoms in total. The van der Waals surface area contributed by atoms with E-state index in [1.807, 2.05) is 0 Å². The van der Waals surface area contributed by atoms with Crippen LogP contribution in [0.3, 0.4) is 0 Å². The first-order valence-corrected chi connectivity index (χ1v) is 18.8. The van der Waals surface area contributed by atoms with Crippen LogP contribution in [0.5, 0.6) is 0 Å². The average Bonchev–Trinajstić information content (AvgIpc) is 3.76. The standard InChI is InChI=1S/C51H47N/c1-35-11-22-41(23-12-35)46(42-24-13-36(2)14-25-42)8-5-7-39-21-32-51-49(34-39)47-9-6-10-50(47)52(51)45-30-19-40(20-31-45)33-48(43-26-15-37(3)16-27-43)44-28-17-38(4)18-29-44/h5,7-8,11-34,47,50H,6,9-10H2,1-4H3/b7-5+. The Kier molecular flexibility index (Phi) is 9.35. The zero-order chi connectivity index (χ0) is 35.6. The maximum atomic E-state index is 2.63. The van der Waals surface area contributed by atoms with Crippen molar-refractivity contribution in [1.29, 1.82) is 0 Å². The summed E-state index contributed by atoms with van der Waals surface area (Å²) in [5.74, 6) is 0.573. The van der Waals surface area contributed by atoms with E-state index in [9.17, 15) is 0 Å². The molecule has 1 aliphatic heterocycles. The van der Waals surface area contributed by atoms with Gasteiger partial charge in [-0.3, -0.25) is 0 Å². The molecule has 6 aromatic carbocycles. The minimum Gasteiger partial charge on any atom is -0.338 e. The lowest BCUT2D eigenvalue weighted by Gasteiger charge is -2.27. The van der Waals surface area contributed by atoms with Crippen LogP contribution >= 0.6 is 0 Å². The maximum absolute atomic E-state index is 2.63. The number of anilines is 2. The van der Waals surface area contributed by atoms with Gasteiger partial charge in [-0.05, 0) is 121 Å². The average molecular weight is 674 g/mol. The summed E-state index contributed by atoms with van der Waals surface area (Å²) in [5, 5.41) is 0. The van der Waals surface area contributed by atoms with Gasteiger partial charge in [-0.2, -0.15) is 0 Å². The summed E-state index contributed by atoms with van der Waals surface area (Å²) in [6.07, 6.45) is 12.9. The predicted octanol–water partition coefficient (Wildman–Crippen LogP) is 13.4. The molecule has 1 heteroatoms. The number of rotatable bonds is 8. The number of benzene rings is 6. The first kappa shape index (κ1) is 33.5. The Labute approximate surface area is 310 Å². The summed E-state index contributed by atoms with van der Waals surface area (Å²) < 4.78 is 0. The van der Waals surface area contributed by atoms with E-state index in [4.69, 9.17) is 0 Å². The van der Waals surface area contributed by atoms with Crippen molar-refractivity contribution >= 4 is 34.7 Å². The lowest BCUT2D eigenvalue weighted by Crippen LogP contribution is -2.26. The first-order valence-electron chi connectivity index (χ1n) is 18.8. The van der Waals surface area contributed by atoms with Crippen molar-refractivity contribution in [1.82, 2.24) is 0 Å². The second kappa shape index (κ2) is 14.5. The lowest BCUT2D eigenvalue weighted by molar-refractivity contribution is 0.642. The van der Waals surface area contributed by atoms with Crippen LogP contribution in [-0.4, -0.2) is 6.04 Å². The minimum atomic E-state index is 0.515. The van der Waals surface area contributed by atoms with Gasteiger partial charge >= 0.3 is 0 Å². The molecule has 0 radical (unpaired) electrons. The van der Waals surface area contributed by atoms with E-state index < -0.39 is 0 Å². The predicted molar refractivity (Wildman–Crippen MR) is 223 cm³/mol. The molecular weight excluding hydrogens is 627 g/mol. The van der Waals surface area contributed by atoms with Gasteiger partial charge in [0.15, 0.2) is 0 Å². The molecule has 2 atom stereocenters. The smallest absolute Gasteiger partial charge is 0.0450 e. The minimum absolute atomic E-state index is 0.515. The summed E-state index contributed by atoms with van der Waals surface area (Å²) in [5.41, 5.74) is 19.2. The third-order valence-electron chi connectivity index (χ3n) is 11.0. The molecule has 1 fully saturated rings. The van der Waals surface area contributed by atoms with Gasteiger partial charge in [0.2, 0.25) is 0 Å². The van der Waals surface area contributed by atoms with Crippen LogP contribution in [0.15, 0.2) is 152 Å². The van der Waals surface area contributed by atoms with E-state index >= 15 is 0 Å². The molecule has 0 amide bonds. The maximum Gasteiger partial charge on any atom is 0.0450 e. The Balaban J connectivity index is 1.08. The second-order valence-corrected chi connectivity index (χ2v) is 14.8. The SMILES string of the molecule is Cc1ccc(C(=C/C=C/c2ccc3c(c2)C2CCCC2N3c2ccc(C=C(c3ccc(C)cc3)c3ccc(C)cc3)cc2)c2ccc(C)cc2)cc1. The summed E-state index contributed by atoms with van der Waals surface area (Å²) >= 11 is 0. The van der Waals surface area contributed by atoms with E-state index in [1.54, 1.807) is 0 Å². The first-order chi connectivity index (χ1) is 25.4. The molecule has 52 heavy (non-hydrogen) atoms. The number of allylic oxidation sites excluding steroid dienone is 2. The molecule has 1 heterocycles. The van der Waals surface area contributed by atoms with Crippen LogP contribution < -0.4 is 4.90 Å². The molecule has 6 aromatic rings. The molecular formula is C51H47N. The summed E-state index contributed by atoms with van der Waals surface area (Å²) in [6, 6.07) is 52.4. The van der Waals surface area contributed by atoms with Crippen molar-refractivity contribution in [2.45, 2.75) is 58.9 Å². The van der Waals surface area contributed by atoms with Crippen LogP contribution in [0.1, 0.15) is 86.4 Å². The van der Waals surface area contributed by atoms with Gasteiger partial charge < -0.3 is 4.90 Å². The summed E-state index contributed by atoms with van der Waals surface area (Å²) in [4.78, 5) is 2.63. The molecule has 8 rings (SSSR count). The Bertz CT molecular complexity index is 2170. The number of hydrogen-bond donors (Lipinski definition) is 0. The molecule has 1 aliphatic carbocycles. The van der Waals surface area contributed by atoms with Gasteiger partial charge in [0.05, 0.1) is 0 Å². The molecule has 1 saturated carbocycles. The Morgan fingerprint density at radius 2 is 1.00 bits per heavy atom. The van der Waals surface area contributed by atoms with E-state index in [0.29, 0.717) is 12.0 Å². The second-order valence-electron chi connectivity index (χ2n) is 14.8. The van der Waals surface area contributed by atoms with Crippen molar-refractivity contribution in [2.75, 3.05) is 4.90 Å². The van der Waals surface area contributed by atoms with Crippen molar-refractivity contribution in [3.05, 3.63) is 213 Å². The monoisotopic (exact) mass is 673 g/mol. The fourth-order valence-corrected chi connectivity index (χ4v) is 8.09. The molecule has 0 N–H and O–H groups in total. The number of hydrogen-bond acceptors (Lipinski definition) is 1. The third-order valence-corrected chi connectivity index (χ3v) is 11.0. The van der Waals surface area contributed by atoms with Crippen molar-refractivity contribution in [3.63, 3.8) is 0 Å². The van der Waals surface area contributed by atoms with E-state index in [1.165, 1.54) is 103 Å². The van der Waals surface area contributed by atoms with Crippen molar-refractivity contribution in [3.8, 4) is 0 Å². The highest BCUT2D eigenvalue weighted by Crippen LogP contribution is 2.52. The van der Waals surface area contributed by atoms with Gasteiger partial charge in [0, 0.05) is 23.3 Å². The number of nitrogens with zero attached hydrogens (tertiary/aromatic N) is 1. The normalized spacial score (nSPS) is 16.1. The largest absolute Gasteiger partial charge is 0.338 e. The third kappa shape index (κ3) is 6.97. The van der Waals surface area contributed by atoms with Gasteiger partial charge in [-0.15, -0.1) is 0 Å². The van der Waals surface area contributed by atoms with Crippen LogP contribution in [-0.2, 0) is 0 Å². The summed E-state index contributed by atoms with van der Waals surface area (Å²) in [6.45, 7) is 8.58. The quantitative estimate of drug-likeness (QED) is 0.115. The molecule has 0 spiro atoms. The Morgan fingerprint density at radius 1 is 0.519 bits per heavy atom. The van der Waals surface area contributed by atoms with Gasteiger partial charge in [0.1, 0.15) is 0 Å². The molecule has 2 unspecified atom stereocenters. The fourth-order valence-electron chi connectivity index (χ4n) is 8.09. The highest BCUT2D eigenvalue weighted by Gasteiger charge is 2.42. The zero-order valence-electron chi connectivity index (χ0n) is 30.8. The zero-order valence-corrected chi connectivity index (χ0v) is 30.8. The highest BCUT2D eigenvalue weighted by molar-refractivity contribution is 5.92. The van der Waals surface area contributed by atoms with E-state index in [2.05, 4.69) is 196 Å². The number of fused-ring (bicyclic) bond motifs is 3. The molecule has 256 valence electrons. The van der Waals surface area contributed by atoms with Crippen LogP contribution in [0.4, 0.5) is 11.4 Å². The molecule has 0 saturated heterocycles. The van der Waals surface area contributed by atoms with Crippen LogP contribution in [0.2, 0.25) is 0 Å². The van der Waals surface area contributed by atoms with Crippen LogP contribution in [0.25, 0.3) is 23.3 Å². The highest BCUT2D eigenvalue weighted by atomic mass is 15.2. The van der Waals surface area contributed by atoms with E-state index in [0.717, 1.165) is 0 Å². The lowest BCUT2D eigenvalue weighted by atomic mass is 9.94. The summed E-state index contributed by atoms with van der Waals surface area (Å²) in [7, 11) is 0. The van der Waals surface area contributed by atoms with Gasteiger partial charge in [0.25, 0.3) is 0 Å². The van der Waals surface area contributed by atoms with Gasteiger partial charge in [-0.1, -0.05) is 162 Å². The molecule has 2 aliphatic rings.